The van der Waals surface area contributed by atoms with Gasteiger partial charge >= 0.3 is 0 Å². The van der Waals surface area contributed by atoms with Crippen LogP contribution in [-0.2, 0) is 18.4 Å². The fourth-order valence-electron chi connectivity index (χ4n) is 2.56. The number of aryl methyl sites for hydroxylation is 1. The average molecular weight is 268 g/mol. The van der Waals surface area contributed by atoms with Crippen molar-refractivity contribution in [3.8, 4) is 6.07 Å². The van der Waals surface area contributed by atoms with E-state index >= 15 is 0 Å². The monoisotopic (exact) mass is 268 g/mol. The van der Waals surface area contributed by atoms with Crippen LogP contribution in [0, 0.1) is 16.7 Å². The first-order valence-corrected chi connectivity index (χ1v) is 6.74. The second-order valence-corrected chi connectivity index (χ2v) is 5.41. The number of carbonyl (C=O) groups is 1. The Morgan fingerprint density at radius 1 is 1.55 bits per heavy atom. The minimum absolute atomic E-state index is 0.146. The lowest BCUT2D eigenvalue weighted by molar-refractivity contribution is -0.131. The van der Waals surface area contributed by atoms with E-state index in [1.165, 1.54) is 0 Å². The maximum Gasteiger partial charge on any atom is 0.240 e. The molecule has 2 aromatic rings. The predicted molar refractivity (Wildman–Crippen MR) is 74.5 cm³/mol. The fourth-order valence-corrected chi connectivity index (χ4v) is 2.56. The molecule has 1 heterocycles. The summed E-state index contributed by atoms with van der Waals surface area (Å²) in [5.74, 6) is -0.146. The number of nitriles is 1. The van der Waals surface area contributed by atoms with Gasteiger partial charge in [-0.15, -0.1) is 0 Å². The molecule has 1 aliphatic rings. The summed E-state index contributed by atoms with van der Waals surface area (Å²) in [6.07, 6.45) is 4.08. The third-order valence-electron chi connectivity index (χ3n) is 4.10. The minimum Gasteiger partial charge on any atom is -0.351 e. The Hall–Kier alpha value is -2.35. The lowest BCUT2D eigenvalue weighted by atomic mass is 9.69. The molecular weight excluding hydrogens is 252 g/mol. The first-order chi connectivity index (χ1) is 9.64. The van der Waals surface area contributed by atoms with E-state index in [9.17, 15) is 4.79 Å². The van der Waals surface area contributed by atoms with Crippen molar-refractivity contribution < 1.29 is 4.79 Å². The van der Waals surface area contributed by atoms with Crippen LogP contribution in [0.3, 0.4) is 0 Å². The number of amides is 1. The molecule has 0 radical (unpaired) electrons. The van der Waals surface area contributed by atoms with Crippen LogP contribution in [0.2, 0.25) is 0 Å². The molecule has 1 aliphatic carbocycles. The van der Waals surface area contributed by atoms with Crippen molar-refractivity contribution in [1.29, 1.82) is 5.26 Å². The normalized spacial score (nSPS) is 16.4. The summed E-state index contributed by atoms with van der Waals surface area (Å²) in [6, 6.07) is 8.09. The van der Waals surface area contributed by atoms with E-state index in [0.29, 0.717) is 19.4 Å². The molecule has 3 rings (SSSR count). The molecule has 0 aliphatic heterocycles. The molecule has 1 amide bonds. The number of fused-ring (bicyclic) bond motifs is 1. The van der Waals surface area contributed by atoms with Crippen LogP contribution in [0.5, 0.6) is 0 Å². The summed E-state index contributed by atoms with van der Waals surface area (Å²) in [5, 5.41) is 12.0. The largest absolute Gasteiger partial charge is 0.351 e. The van der Waals surface area contributed by atoms with Crippen LogP contribution < -0.4 is 5.32 Å². The first-order valence-electron chi connectivity index (χ1n) is 6.74. The van der Waals surface area contributed by atoms with Gasteiger partial charge in [0, 0.05) is 13.6 Å². The SMILES string of the molecule is Cn1cnc2cc(CNC(=O)C3(C#N)CCC3)ccc21. The van der Waals surface area contributed by atoms with Gasteiger partial charge in [-0.2, -0.15) is 5.26 Å². The molecule has 1 fully saturated rings. The van der Waals surface area contributed by atoms with Crippen LogP contribution in [0.4, 0.5) is 0 Å². The molecule has 0 atom stereocenters. The molecule has 0 bridgehead atoms. The van der Waals surface area contributed by atoms with Crippen molar-refractivity contribution in [2.75, 3.05) is 0 Å². The Kier molecular flexibility index (Phi) is 2.94. The number of imidazole rings is 1. The Morgan fingerprint density at radius 3 is 3.00 bits per heavy atom. The second-order valence-electron chi connectivity index (χ2n) is 5.41. The summed E-state index contributed by atoms with van der Waals surface area (Å²) < 4.78 is 1.96. The number of hydrogen-bond donors (Lipinski definition) is 1. The summed E-state index contributed by atoms with van der Waals surface area (Å²) in [4.78, 5) is 16.4. The van der Waals surface area contributed by atoms with Crippen molar-refractivity contribution in [1.82, 2.24) is 14.9 Å². The minimum atomic E-state index is -0.783. The lowest BCUT2D eigenvalue weighted by Crippen LogP contribution is -2.44. The van der Waals surface area contributed by atoms with Gasteiger partial charge in [-0.25, -0.2) is 4.98 Å². The average Bonchev–Trinajstić information content (AvgIpc) is 2.77. The maximum atomic E-state index is 12.1. The molecule has 1 saturated carbocycles. The molecular formula is C15H16N4O. The first kappa shape index (κ1) is 12.7. The van der Waals surface area contributed by atoms with Crippen LogP contribution in [-0.4, -0.2) is 15.5 Å². The third kappa shape index (κ3) is 1.94. The molecule has 1 N–H and O–H groups in total. The van der Waals surface area contributed by atoms with E-state index in [1.807, 2.05) is 29.8 Å². The lowest BCUT2D eigenvalue weighted by Gasteiger charge is -2.33. The van der Waals surface area contributed by atoms with E-state index in [4.69, 9.17) is 5.26 Å². The number of hydrogen-bond acceptors (Lipinski definition) is 3. The molecule has 0 unspecified atom stereocenters. The molecule has 0 spiro atoms. The number of nitrogens with zero attached hydrogens (tertiary/aromatic N) is 3. The second kappa shape index (κ2) is 4.64. The topological polar surface area (TPSA) is 70.7 Å². The smallest absolute Gasteiger partial charge is 0.240 e. The third-order valence-corrected chi connectivity index (χ3v) is 4.10. The number of nitrogens with one attached hydrogen (secondary N) is 1. The van der Waals surface area contributed by atoms with Crippen molar-refractivity contribution in [2.45, 2.75) is 25.8 Å². The Labute approximate surface area is 117 Å². The highest BCUT2D eigenvalue weighted by Gasteiger charge is 2.44. The van der Waals surface area contributed by atoms with E-state index in [2.05, 4.69) is 16.4 Å². The number of carbonyl (C=O) groups excluding carboxylic acids is 1. The van der Waals surface area contributed by atoms with Gasteiger partial charge in [-0.05, 0) is 37.0 Å². The van der Waals surface area contributed by atoms with Gasteiger partial charge in [0.15, 0.2) is 0 Å². The predicted octanol–water partition coefficient (Wildman–Crippen LogP) is 1.88. The van der Waals surface area contributed by atoms with Crippen LogP contribution >= 0.6 is 0 Å². The highest BCUT2D eigenvalue weighted by atomic mass is 16.2. The molecule has 0 saturated heterocycles. The molecule has 20 heavy (non-hydrogen) atoms. The van der Waals surface area contributed by atoms with Crippen molar-refractivity contribution in [3.05, 3.63) is 30.1 Å². The van der Waals surface area contributed by atoms with E-state index in [0.717, 1.165) is 23.0 Å². The zero-order valence-corrected chi connectivity index (χ0v) is 11.4. The van der Waals surface area contributed by atoms with E-state index in [-0.39, 0.29) is 5.91 Å². The standard InChI is InChI=1S/C15H16N4O/c1-19-10-18-12-7-11(3-4-13(12)19)8-17-14(20)15(9-16)5-2-6-15/h3-4,7,10H,2,5-6,8H2,1H3,(H,17,20). The van der Waals surface area contributed by atoms with Gasteiger partial charge in [0.05, 0.1) is 23.4 Å². The maximum absolute atomic E-state index is 12.1. The zero-order valence-electron chi connectivity index (χ0n) is 11.4. The van der Waals surface area contributed by atoms with Crippen LogP contribution in [0.25, 0.3) is 11.0 Å². The van der Waals surface area contributed by atoms with Gasteiger partial charge in [0.2, 0.25) is 5.91 Å². The van der Waals surface area contributed by atoms with Gasteiger partial charge in [0.25, 0.3) is 0 Å². The summed E-state index contributed by atoms with van der Waals surface area (Å²) in [6.45, 7) is 0.439. The van der Waals surface area contributed by atoms with Crippen molar-refractivity contribution in [3.63, 3.8) is 0 Å². The number of benzene rings is 1. The fraction of sp³-hybridized carbons (Fsp3) is 0.400. The number of aromatic nitrogens is 2. The molecule has 1 aromatic carbocycles. The quantitative estimate of drug-likeness (QED) is 0.924. The van der Waals surface area contributed by atoms with Gasteiger partial charge in [0.1, 0.15) is 5.41 Å². The van der Waals surface area contributed by atoms with Gasteiger partial charge in [-0.3, -0.25) is 4.79 Å². The van der Waals surface area contributed by atoms with E-state index < -0.39 is 5.41 Å². The Balaban J connectivity index is 1.71. The van der Waals surface area contributed by atoms with Crippen LogP contribution in [0.15, 0.2) is 24.5 Å². The Morgan fingerprint density at radius 2 is 2.35 bits per heavy atom. The number of rotatable bonds is 3. The molecule has 1 aromatic heterocycles. The summed E-state index contributed by atoms with van der Waals surface area (Å²) >= 11 is 0. The van der Waals surface area contributed by atoms with Gasteiger partial charge in [-0.1, -0.05) is 6.07 Å². The highest BCUT2D eigenvalue weighted by molar-refractivity contribution is 5.86. The molecule has 102 valence electrons. The van der Waals surface area contributed by atoms with E-state index in [1.54, 1.807) is 6.33 Å². The zero-order chi connectivity index (χ0) is 14.2. The highest BCUT2D eigenvalue weighted by Crippen LogP contribution is 2.40. The molecule has 5 heteroatoms. The summed E-state index contributed by atoms with van der Waals surface area (Å²) in [5.41, 5.74) is 2.19. The Bertz CT molecular complexity index is 706. The summed E-state index contributed by atoms with van der Waals surface area (Å²) in [7, 11) is 1.95. The van der Waals surface area contributed by atoms with Crippen LogP contribution in [0.1, 0.15) is 24.8 Å². The van der Waals surface area contributed by atoms with Gasteiger partial charge < -0.3 is 9.88 Å². The molecule has 5 nitrogen and oxygen atoms in total. The van der Waals surface area contributed by atoms with Crippen molar-refractivity contribution >= 4 is 16.9 Å². The van der Waals surface area contributed by atoms with Crippen molar-refractivity contribution in [2.24, 2.45) is 12.5 Å².